The summed E-state index contributed by atoms with van der Waals surface area (Å²) in [5, 5.41) is 10.7. The SMILES string of the molecule is CCOc1ccc(CN(C)C(=O)COC(=O)c2cccc([N+](=O)[O-])c2)cc1. The minimum Gasteiger partial charge on any atom is -0.494 e. The molecule has 2 aromatic carbocycles. The van der Waals surface area contributed by atoms with E-state index in [-0.39, 0.29) is 17.2 Å². The zero-order valence-electron chi connectivity index (χ0n) is 15.1. The Balaban J connectivity index is 1.87. The number of ether oxygens (including phenoxy) is 2. The molecule has 1 amide bonds. The number of esters is 1. The minimum atomic E-state index is -0.790. The topological polar surface area (TPSA) is 99.0 Å². The summed E-state index contributed by atoms with van der Waals surface area (Å²) < 4.78 is 10.3. The van der Waals surface area contributed by atoms with E-state index in [2.05, 4.69) is 0 Å². The molecule has 0 aliphatic carbocycles. The molecule has 0 aliphatic rings. The van der Waals surface area contributed by atoms with Gasteiger partial charge in [0, 0.05) is 25.7 Å². The Bertz CT molecular complexity index is 819. The van der Waals surface area contributed by atoms with Crippen LogP contribution in [-0.4, -0.2) is 42.0 Å². The Morgan fingerprint density at radius 3 is 2.48 bits per heavy atom. The monoisotopic (exact) mass is 372 g/mol. The molecule has 0 aliphatic heterocycles. The van der Waals surface area contributed by atoms with Crippen molar-refractivity contribution >= 4 is 17.6 Å². The van der Waals surface area contributed by atoms with Crippen molar-refractivity contribution in [1.29, 1.82) is 0 Å². The van der Waals surface area contributed by atoms with Crippen LogP contribution in [0.1, 0.15) is 22.8 Å². The molecule has 0 atom stereocenters. The van der Waals surface area contributed by atoms with E-state index in [9.17, 15) is 19.7 Å². The molecule has 0 heterocycles. The first-order chi connectivity index (χ1) is 12.9. The largest absolute Gasteiger partial charge is 0.494 e. The minimum absolute atomic E-state index is 0.0196. The van der Waals surface area contributed by atoms with E-state index in [1.807, 2.05) is 31.2 Å². The lowest BCUT2D eigenvalue weighted by Crippen LogP contribution is -2.30. The molecule has 27 heavy (non-hydrogen) atoms. The van der Waals surface area contributed by atoms with Crippen molar-refractivity contribution in [3.8, 4) is 5.75 Å². The second-order valence-electron chi connectivity index (χ2n) is 5.71. The molecular formula is C19H20N2O6. The van der Waals surface area contributed by atoms with Gasteiger partial charge >= 0.3 is 5.97 Å². The van der Waals surface area contributed by atoms with Crippen LogP contribution in [0.15, 0.2) is 48.5 Å². The maximum atomic E-state index is 12.1. The van der Waals surface area contributed by atoms with Crippen molar-refractivity contribution in [2.75, 3.05) is 20.3 Å². The summed E-state index contributed by atoms with van der Waals surface area (Å²) in [6, 6.07) is 12.5. The molecule has 142 valence electrons. The van der Waals surface area contributed by atoms with Gasteiger partial charge in [-0.1, -0.05) is 18.2 Å². The zero-order valence-corrected chi connectivity index (χ0v) is 15.1. The number of non-ortho nitro benzene ring substituents is 1. The van der Waals surface area contributed by atoms with Gasteiger partial charge in [0.2, 0.25) is 0 Å². The summed E-state index contributed by atoms with van der Waals surface area (Å²) >= 11 is 0. The van der Waals surface area contributed by atoms with Gasteiger partial charge in [0.15, 0.2) is 6.61 Å². The Labute approximate surface area is 156 Å². The number of nitro groups is 1. The van der Waals surface area contributed by atoms with Crippen molar-refractivity contribution in [2.45, 2.75) is 13.5 Å². The predicted molar refractivity (Wildman–Crippen MR) is 97.5 cm³/mol. The second kappa shape index (κ2) is 9.33. The molecule has 0 N–H and O–H groups in total. The van der Waals surface area contributed by atoms with Crippen molar-refractivity contribution in [2.24, 2.45) is 0 Å². The summed E-state index contributed by atoms with van der Waals surface area (Å²) in [4.78, 5) is 35.7. The first-order valence-electron chi connectivity index (χ1n) is 8.28. The lowest BCUT2D eigenvalue weighted by molar-refractivity contribution is -0.384. The van der Waals surface area contributed by atoms with Gasteiger partial charge in [-0.25, -0.2) is 4.79 Å². The summed E-state index contributed by atoms with van der Waals surface area (Å²) in [6.45, 7) is 2.37. The van der Waals surface area contributed by atoms with E-state index in [0.717, 1.165) is 17.4 Å². The molecule has 0 saturated carbocycles. The summed E-state index contributed by atoms with van der Waals surface area (Å²) in [5.41, 5.74) is 0.703. The van der Waals surface area contributed by atoms with Crippen LogP contribution in [0.3, 0.4) is 0 Å². The third kappa shape index (κ3) is 5.81. The maximum absolute atomic E-state index is 12.1. The summed E-state index contributed by atoms with van der Waals surface area (Å²) in [7, 11) is 1.60. The quantitative estimate of drug-likeness (QED) is 0.401. The van der Waals surface area contributed by atoms with E-state index in [1.165, 1.54) is 23.1 Å². The van der Waals surface area contributed by atoms with Crippen LogP contribution in [-0.2, 0) is 16.1 Å². The normalized spacial score (nSPS) is 10.1. The van der Waals surface area contributed by atoms with Crippen molar-refractivity contribution in [3.63, 3.8) is 0 Å². The highest BCUT2D eigenvalue weighted by Gasteiger charge is 2.16. The number of nitrogens with zero attached hydrogens (tertiary/aromatic N) is 2. The van der Waals surface area contributed by atoms with E-state index >= 15 is 0 Å². The van der Waals surface area contributed by atoms with Crippen LogP contribution in [0.5, 0.6) is 5.75 Å². The highest BCUT2D eigenvalue weighted by atomic mass is 16.6. The van der Waals surface area contributed by atoms with Gasteiger partial charge in [0.05, 0.1) is 17.1 Å². The van der Waals surface area contributed by atoms with Crippen LogP contribution in [0.2, 0.25) is 0 Å². The lowest BCUT2D eigenvalue weighted by Gasteiger charge is -2.17. The third-order valence-corrected chi connectivity index (χ3v) is 3.70. The van der Waals surface area contributed by atoms with Gasteiger partial charge in [0.1, 0.15) is 5.75 Å². The number of carbonyl (C=O) groups excluding carboxylic acids is 2. The molecular weight excluding hydrogens is 352 g/mol. The molecule has 0 aromatic heterocycles. The Morgan fingerprint density at radius 2 is 1.85 bits per heavy atom. The molecule has 0 radical (unpaired) electrons. The molecule has 2 aromatic rings. The average molecular weight is 372 g/mol. The number of benzene rings is 2. The molecule has 0 saturated heterocycles. The number of hydrogen-bond acceptors (Lipinski definition) is 6. The van der Waals surface area contributed by atoms with Crippen LogP contribution in [0, 0.1) is 10.1 Å². The van der Waals surface area contributed by atoms with Gasteiger partial charge in [-0.15, -0.1) is 0 Å². The Morgan fingerprint density at radius 1 is 1.15 bits per heavy atom. The van der Waals surface area contributed by atoms with Gasteiger partial charge < -0.3 is 14.4 Å². The third-order valence-electron chi connectivity index (χ3n) is 3.70. The van der Waals surface area contributed by atoms with Crippen molar-refractivity contribution in [1.82, 2.24) is 4.90 Å². The molecule has 2 rings (SSSR count). The summed E-state index contributed by atoms with van der Waals surface area (Å²) in [6.07, 6.45) is 0. The highest BCUT2D eigenvalue weighted by Crippen LogP contribution is 2.15. The fraction of sp³-hybridized carbons (Fsp3) is 0.263. The van der Waals surface area contributed by atoms with Crippen molar-refractivity contribution in [3.05, 3.63) is 69.8 Å². The van der Waals surface area contributed by atoms with E-state index < -0.39 is 17.5 Å². The molecule has 8 nitrogen and oxygen atoms in total. The molecule has 0 fully saturated rings. The summed E-state index contributed by atoms with van der Waals surface area (Å²) in [5.74, 6) is -0.426. The highest BCUT2D eigenvalue weighted by molar-refractivity contribution is 5.91. The smallest absolute Gasteiger partial charge is 0.338 e. The molecule has 0 unspecified atom stereocenters. The number of likely N-dealkylation sites (N-methyl/N-ethyl adjacent to an activating group) is 1. The number of nitro benzene ring substituents is 1. The van der Waals surface area contributed by atoms with E-state index in [4.69, 9.17) is 9.47 Å². The number of amides is 1. The Kier molecular flexibility index (Phi) is 6.87. The molecule has 0 bridgehead atoms. The van der Waals surface area contributed by atoms with Crippen LogP contribution in [0.25, 0.3) is 0 Å². The first kappa shape index (κ1) is 19.9. The van der Waals surface area contributed by atoms with E-state index in [1.54, 1.807) is 7.05 Å². The van der Waals surface area contributed by atoms with Crippen molar-refractivity contribution < 1.29 is 24.0 Å². The maximum Gasteiger partial charge on any atom is 0.338 e. The predicted octanol–water partition coefficient (Wildman–Crippen LogP) is 2.81. The Hall–Kier alpha value is -3.42. The van der Waals surface area contributed by atoms with Crippen LogP contribution >= 0.6 is 0 Å². The zero-order chi connectivity index (χ0) is 19.8. The first-order valence-corrected chi connectivity index (χ1v) is 8.28. The number of rotatable bonds is 8. The average Bonchev–Trinajstić information content (AvgIpc) is 2.67. The second-order valence-corrected chi connectivity index (χ2v) is 5.71. The fourth-order valence-corrected chi connectivity index (χ4v) is 2.29. The lowest BCUT2D eigenvalue weighted by atomic mass is 10.2. The van der Waals surface area contributed by atoms with Crippen LogP contribution in [0.4, 0.5) is 5.69 Å². The number of carbonyl (C=O) groups is 2. The van der Waals surface area contributed by atoms with Gasteiger partial charge in [0.25, 0.3) is 11.6 Å². The van der Waals surface area contributed by atoms with E-state index in [0.29, 0.717) is 13.2 Å². The molecule has 0 spiro atoms. The number of hydrogen-bond donors (Lipinski definition) is 0. The van der Waals surface area contributed by atoms with Gasteiger partial charge in [-0.2, -0.15) is 0 Å². The van der Waals surface area contributed by atoms with Gasteiger partial charge in [-0.3, -0.25) is 14.9 Å². The standard InChI is InChI=1S/C19H20N2O6/c1-3-26-17-9-7-14(8-10-17)12-20(2)18(22)13-27-19(23)15-5-4-6-16(11-15)21(24)25/h4-11H,3,12-13H2,1-2H3. The fourth-order valence-electron chi connectivity index (χ4n) is 2.29. The van der Waals surface area contributed by atoms with Gasteiger partial charge in [-0.05, 0) is 30.7 Å². The van der Waals surface area contributed by atoms with Crippen LogP contribution < -0.4 is 4.74 Å². The molecule has 8 heteroatoms.